The van der Waals surface area contributed by atoms with E-state index in [0.717, 1.165) is 12.8 Å². The highest BCUT2D eigenvalue weighted by molar-refractivity contribution is 4.97. The van der Waals surface area contributed by atoms with Crippen molar-refractivity contribution in [2.24, 2.45) is 5.34 Å². The van der Waals surface area contributed by atoms with Crippen molar-refractivity contribution in [2.45, 2.75) is 57.7 Å². The third-order valence-corrected chi connectivity index (χ3v) is 2.34. The van der Waals surface area contributed by atoms with Crippen LogP contribution in [0, 0.1) is 4.91 Å². The van der Waals surface area contributed by atoms with Gasteiger partial charge in [-0.05, 0) is 27.7 Å². The zero-order valence-corrected chi connectivity index (χ0v) is 8.76. The number of rotatable bonds is 2. The van der Waals surface area contributed by atoms with Gasteiger partial charge in [-0.2, -0.15) is 0 Å². The first-order valence-corrected chi connectivity index (χ1v) is 4.62. The van der Waals surface area contributed by atoms with Crippen LogP contribution in [-0.4, -0.2) is 17.2 Å². The molecule has 0 amide bonds. The average molecular weight is 186 g/mol. The SMILES string of the molecule is CC1(C)CC(ON=O)CC(C)(C)N1. The van der Waals surface area contributed by atoms with Gasteiger partial charge in [0.1, 0.15) is 6.10 Å². The lowest BCUT2D eigenvalue weighted by Crippen LogP contribution is -2.59. The minimum absolute atomic E-state index is 0.0110. The molecule has 0 aromatic rings. The molecule has 1 N–H and O–H groups in total. The van der Waals surface area contributed by atoms with Crippen LogP contribution in [0.25, 0.3) is 0 Å². The van der Waals surface area contributed by atoms with Crippen LogP contribution in [-0.2, 0) is 4.84 Å². The van der Waals surface area contributed by atoms with Gasteiger partial charge >= 0.3 is 0 Å². The van der Waals surface area contributed by atoms with Crippen molar-refractivity contribution in [1.82, 2.24) is 5.32 Å². The van der Waals surface area contributed by atoms with Gasteiger partial charge in [0.15, 0.2) is 5.34 Å². The summed E-state index contributed by atoms with van der Waals surface area (Å²) in [6.07, 6.45) is 1.59. The molecular weight excluding hydrogens is 168 g/mol. The third kappa shape index (κ3) is 2.95. The van der Waals surface area contributed by atoms with E-state index in [-0.39, 0.29) is 17.2 Å². The van der Waals surface area contributed by atoms with Gasteiger partial charge in [0, 0.05) is 23.9 Å². The minimum Gasteiger partial charge on any atom is -0.361 e. The Labute approximate surface area is 79.0 Å². The molecule has 1 saturated heterocycles. The summed E-state index contributed by atoms with van der Waals surface area (Å²) in [4.78, 5) is 14.8. The average Bonchev–Trinajstić information content (AvgIpc) is 1.78. The molecule has 4 heteroatoms. The maximum absolute atomic E-state index is 10.0. The van der Waals surface area contributed by atoms with Crippen LogP contribution < -0.4 is 5.32 Å². The lowest BCUT2D eigenvalue weighted by atomic mass is 9.81. The van der Waals surface area contributed by atoms with Crippen LogP contribution in [0.4, 0.5) is 0 Å². The number of nitrogens with zero attached hydrogens (tertiary/aromatic N) is 1. The summed E-state index contributed by atoms with van der Waals surface area (Å²) in [7, 11) is 0. The Balaban J connectivity index is 2.66. The lowest BCUT2D eigenvalue weighted by Gasteiger charge is -2.44. The molecule has 0 radical (unpaired) electrons. The second-order valence-electron chi connectivity index (χ2n) is 5.10. The fourth-order valence-electron chi connectivity index (χ4n) is 2.36. The molecule has 0 atom stereocenters. The summed E-state index contributed by atoms with van der Waals surface area (Å²) in [5, 5.41) is 6.01. The van der Waals surface area contributed by atoms with Gasteiger partial charge in [0.25, 0.3) is 0 Å². The summed E-state index contributed by atoms with van der Waals surface area (Å²) >= 11 is 0. The zero-order valence-electron chi connectivity index (χ0n) is 8.76. The molecule has 76 valence electrons. The topological polar surface area (TPSA) is 50.7 Å². The molecule has 0 spiro atoms. The zero-order chi connectivity index (χ0) is 10.1. The molecule has 1 heterocycles. The predicted molar refractivity (Wildman–Crippen MR) is 51.2 cm³/mol. The molecule has 1 rings (SSSR count). The van der Waals surface area contributed by atoms with Gasteiger partial charge in [-0.1, -0.05) is 0 Å². The molecule has 4 nitrogen and oxygen atoms in total. The highest BCUT2D eigenvalue weighted by atomic mass is 16.7. The smallest absolute Gasteiger partial charge is 0.155 e. The van der Waals surface area contributed by atoms with Gasteiger partial charge in [-0.25, -0.2) is 0 Å². The number of nitrogens with one attached hydrogen (secondary N) is 1. The second-order valence-corrected chi connectivity index (χ2v) is 5.10. The Morgan fingerprint density at radius 3 is 2.08 bits per heavy atom. The Hall–Kier alpha value is -0.640. The number of piperidine rings is 1. The summed E-state index contributed by atoms with van der Waals surface area (Å²) in [5.74, 6) is 0. The first kappa shape index (κ1) is 10.4. The fourth-order valence-corrected chi connectivity index (χ4v) is 2.36. The van der Waals surface area contributed by atoms with Crippen molar-refractivity contribution in [3.05, 3.63) is 4.91 Å². The van der Waals surface area contributed by atoms with Crippen molar-refractivity contribution < 1.29 is 4.84 Å². The van der Waals surface area contributed by atoms with E-state index >= 15 is 0 Å². The largest absolute Gasteiger partial charge is 0.361 e. The van der Waals surface area contributed by atoms with E-state index in [9.17, 15) is 4.91 Å². The van der Waals surface area contributed by atoms with Crippen molar-refractivity contribution in [3.8, 4) is 0 Å². The van der Waals surface area contributed by atoms with E-state index in [1.807, 2.05) is 0 Å². The molecule has 1 fully saturated rings. The van der Waals surface area contributed by atoms with E-state index in [4.69, 9.17) is 4.84 Å². The van der Waals surface area contributed by atoms with Gasteiger partial charge in [0.2, 0.25) is 0 Å². The van der Waals surface area contributed by atoms with E-state index in [0.29, 0.717) is 0 Å². The Morgan fingerprint density at radius 1 is 1.23 bits per heavy atom. The Bertz CT molecular complexity index is 186. The normalized spacial score (nSPS) is 26.8. The molecular formula is C9H18N2O2. The maximum atomic E-state index is 10.0. The van der Waals surface area contributed by atoms with Crippen molar-refractivity contribution in [2.75, 3.05) is 0 Å². The molecule has 0 bridgehead atoms. The maximum Gasteiger partial charge on any atom is 0.155 e. The van der Waals surface area contributed by atoms with E-state index in [1.165, 1.54) is 0 Å². The molecule has 0 aromatic carbocycles. The van der Waals surface area contributed by atoms with Crippen LogP contribution in [0.3, 0.4) is 0 Å². The summed E-state index contributed by atoms with van der Waals surface area (Å²) in [6, 6.07) is 0. The van der Waals surface area contributed by atoms with Crippen LogP contribution in [0.1, 0.15) is 40.5 Å². The lowest BCUT2D eigenvalue weighted by molar-refractivity contribution is -0.0215. The van der Waals surface area contributed by atoms with Crippen molar-refractivity contribution >= 4 is 0 Å². The third-order valence-electron chi connectivity index (χ3n) is 2.34. The minimum atomic E-state index is -0.0521. The van der Waals surface area contributed by atoms with E-state index in [2.05, 4.69) is 38.4 Å². The van der Waals surface area contributed by atoms with Gasteiger partial charge in [-0.3, -0.25) is 0 Å². The first-order valence-electron chi connectivity index (χ1n) is 4.62. The van der Waals surface area contributed by atoms with Crippen LogP contribution >= 0.6 is 0 Å². The van der Waals surface area contributed by atoms with Crippen molar-refractivity contribution in [3.63, 3.8) is 0 Å². The Kier molecular flexibility index (Phi) is 2.61. The molecule has 0 unspecified atom stereocenters. The van der Waals surface area contributed by atoms with Crippen LogP contribution in [0.5, 0.6) is 0 Å². The standard InChI is InChI=1S/C9H18N2O2/c1-8(2)5-7(13-11-12)6-9(3,4)10-8/h7,10H,5-6H2,1-4H3. The van der Waals surface area contributed by atoms with E-state index in [1.54, 1.807) is 0 Å². The van der Waals surface area contributed by atoms with Crippen molar-refractivity contribution in [1.29, 1.82) is 0 Å². The fraction of sp³-hybridized carbons (Fsp3) is 1.00. The molecule has 0 saturated carbocycles. The van der Waals surface area contributed by atoms with Gasteiger partial charge in [0.05, 0.1) is 0 Å². The predicted octanol–water partition coefficient (Wildman–Crippen LogP) is 1.99. The molecule has 13 heavy (non-hydrogen) atoms. The second kappa shape index (κ2) is 3.25. The van der Waals surface area contributed by atoms with Gasteiger partial charge in [-0.15, -0.1) is 4.91 Å². The molecule has 1 aliphatic rings. The van der Waals surface area contributed by atoms with Crippen LogP contribution in [0.15, 0.2) is 5.34 Å². The summed E-state index contributed by atoms with van der Waals surface area (Å²) in [6.45, 7) is 8.42. The first-order chi connectivity index (χ1) is 5.85. The molecule has 1 aliphatic heterocycles. The quantitative estimate of drug-likeness (QED) is 0.530. The number of hydrogen-bond acceptors (Lipinski definition) is 4. The van der Waals surface area contributed by atoms with Gasteiger partial charge < -0.3 is 10.2 Å². The molecule has 0 aliphatic carbocycles. The highest BCUT2D eigenvalue weighted by Crippen LogP contribution is 2.30. The molecule has 0 aromatic heterocycles. The number of hydrogen-bond donors (Lipinski definition) is 1. The highest BCUT2D eigenvalue weighted by Gasteiger charge is 2.39. The Morgan fingerprint density at radius 2 is 1.69 bits per heavy atom. The summed E-state index contributed by atoms with van der Waals surface area (Å²) in [5.41, 5.74) is 0.0220. The van der Waals surface area contributed by atoms with Crippen LogP contribution in [0.2, 0.25) is 0 Å². The van der Waals surface area contributed by atoms with E-state index < -0.39 is 0 Å². The summed E-state index contributed by atoms with van der Waals surface area (Å²) < 4.78 is 0. The monoisotopic (exact) mass is 186 g/mol.